The summed E-state index contributed by atoms with van der Waals surface area (Å²) in [6, 6.07) is 5.28. The number of benzene rings is 1. The van der Waals surface area contributed by atoms with Crippen molar-refractivity contribution in [3.8, 4) is 0 Å². The Hall–Kier alpha value is -1.07. The molecule has 0 atom stereocenters. The van der Waals surface area contributed by atoms with Gasteiger partial charge in [-0.15, -0.1) is 0 Å². The zero-order chi connectivity index (χ0) is 12.8. The number of hydrogen-bond acceptors (Lipinski definition) is 3. The second-order valence-electron chi connectivity index (χ2n) is 4.12. The van der Waals surface area contributed by atoms with Crippen molar-refractivity contribution >= 4 is 27.5 Å². The normalized spacial score (nSPS) is 10.6. The molecule has 17 heavy (non-hydrogen) atoms. The van der Waals surface area contributed by atoms with Crippen LogP contribution in [0.2, 0.25) is 0 Å². The van der Waals surface area contributed by atoms with Crippen LogP contribution in [0.25, 0.3) is 0 Å². The molecule has 0 bridgehead atoms. The molecule has 0 radical (unpaired) electrons. The van der Waals surface area contributed by atoms with E-state index in [9.17, 15) is 4.79 Å². The van der Waals surface area contributed by atoms with Gasteiger partial charge in [-0.05, 0) is 55.1 Å². The molecule has 1 amide bonds. The molecule has 0 aliphatic rings. The van der Waals surface area contributed by atoms with Gasteiger partial charge in [0.25, 0.3) is 5.91 Å². The van der Waals surface area contributed by atoms with Crippen LogP contribution in [0.3, 0.4) is 0 Å². The summed E-state index contributed by atoms with van der Waals surface area (Å²) in [7, 11) is 4.02. The number of halogens is 1. The van der Waals surface area contributed by atoms with E-state index in [-0.39, 0.29) is 5.91 Å². The minimum Gasteiger partial charge on any atom is -0.398 e. The monoisotopic (exact) mass is 299 g/mol. The first kappa shape index (κ1) is 14.0. The van der Waals surface area contributed by atoms with Crippen molar-refractivity contribution in [1.29, 1.82) is 0 Å². The van der Waals surface area contributed by atoms with Gasteiger partial charge in [-0.1, -0.05) is 6.07 Å². The Bertz CT molecular complexity index is 393. The molecule has 0 unspecified atom stereocenters. The van der Waals surface area contributed by atoms with E-state index in [1.807, 2.05) is 14.1 Å². The minimum absolute atomic E-state index is 0.0945. The molecule has 1 rings (SSSR count). The molecule has 0 saturated heterocycles. The molecule has 1 aromatic rings. The number of nitrogens with two attached hydrogens (primary N) is 1. The van der Waals surface area contributed by atoms with Crippen molar-refractivity contribution in [1.82, 2.24) is 10.2 Å². The standard InChI is InChI=1S/C12H18BrN3O/c1-16(2)8-4-7-15-12(17)9-5-3-6-10(14)11(9)13/h3,5-6H,4,7-8,14H2,1-2H3,(H,15,17). The number of rotatable bonds is 5. The van der Waals surface area contributed by atoms with Crippen LogP contribution >= 0.6 is 15.9 Å². The lowest BCUT2D eigenvalue weighted by Gasteiger charge is -2.11. The van der Waals surface area contributed by atoms with Crippen LogP contribution in [-0.4, -0.2) is 38.0 Å². The quantitative estimate of drug-likeness (QED) is 0.643. The fraction of sp³-hybridized carbons (Fsp3) is 0.417. The Labute approximate surface area is 110 Å². The van der Waals surface area contributed by atoms with Crippen LogP contribution in [0, 0.1) is 0 Å². The van der Waals surface area contributed by atoms with Crippen LogP contribution in [0.15, 0.2) is 22.7 Å². The first-order chi connectivity index (χ1) is 8.02. The third-order valence-electron chi connectivity index (χ3n) is 2.34. The van der Waals surface area contributed by atoms with Crippen molar-refractivity contribution in [2.75, 3.05) is 32.9 Å². The lowest BCUT2D eigenvalue weighted by Crippen LogP contribution is -2.27. The second-order valence-corrected chi connectivity index (χ2v) is 4.91. The van der Waals surface area contributed by atoms with E-state index < -0.39 is 0 Å². The van der Waals surface area contributed by atoms with Gasteiger partial charge in [0.1, 0.15) is 0 Å². The summed E-state index contributed by atoms with van der Waals surface area (Å²) in [5.41, 5.74) is 6.87. The van der Waals surface area contributed by atoms with Crippen LogP contribution in [0.5, 0.6) is 0 Å². The van der Waals surface area contributed by atoms with Gasteiger partial charge in [0, 0.05) is 12.2 Å². The molecule has 5 heteroatoms. The van der Waals surface area contributed by atoms with E-state index in [1.54, 1.807) is 18.2 Å². The first-order valence-corrected chi connectivity index (χ1v) is 6.28. The summed E-state index contributed by atoms with van der Waals surface area (Å²) in [6.45, 7) is 1.62. The average Bonchev–Trinajstić information content (AvgIpc) is 2.27. The third kappa shape index (κ3) is 4.36. The summed E-state index contributed by atoms with van der Waals surface area (Å²) in [4.78, 5) is 13.9. The average molecular weight is 300 g/mol. The molecule has 0 spiro atoms. The van der Waals surface area contributed by atoms with E-state index in [4.69, 9.17) is 5.73 Å². The SMILES string of the molecule is CN(C)CCCNC(=O)c1cccc(N)c1Br. The van der Waals surface area contributed by atoms with Gasteiger partial charge in [0.05, 0.1) is 10.0 Å². The highest BCUT2D eigenvalue weighted by molar-refractivity contribution is 9.10. The maximum absolute atomic E-state index is 11.9. The van der Waals surface area contributed by atoms with Crippen molar-refractivity contribution in [3.05, 3.63) is 28.2 Å². The molecule has 0 aromatic heterocycles. The van der Waals surface area contributed by atoms with Gasteiger partial charge in [-0.2, -0.15) is 0 Å². The van der Waals surface area contributed by atoms with Crippen LogP contribution in [0.1, 0.15) is 16.8 Å². The summed E-state index contributed by atoms with van der Waals surface area (Å²) in [5, 5.41) is 2.87. The Balaban J connectivity index is 2.50. The maximum Gasteiger partial charge on any atom is 0.252 e. The Kier molecular flexibility index (Phi) is 5.44. The Morgan fingerprint density at radius 1 is 1.47 bits per heavy atom. The van der Waals surface area contributed by atoms with E-state index in [0.717, 1.165) is 13.0 Å². The summed E-state index contributed by atoms with van der Waals surface area (Å²) in [5.74, 6) is -0.0945. The number of amides is 1. The number of hydrogen-bond donors (Lipinski definition) is 2. The molecule has 94 valence electrons. The molecule has 3 N–H and O–H groups in total. The van der Waals surface area contributed by atoms with E-state index >= 15 is 0 Å². The molecule has 4 nitrogen and oxygen atoms in total. The first-order valence-electron chi connectivity index (χ1n) is 5.49. The number of anilines is 1. The van der Waals surface area contributed by atoms with Crippen molar-refractivity contribution in [2.24, 2.45) is 0 Å². The van der Waals surface area contributed by atoms with Crippen LogP contribution < -0.4 is 11.1 Å². The van der Waals surface area contributed by atoms with Gasteiger partial charge >= 0.3 is 0 Å². The van der Waals surface area contributed by atoms with Gasteiger partial charge in [-0.3, -0.25) is 4.79 Å². The van der Waals surface area contributed by atoms with Gasteiger partial charge < -0.3 is 16.0 Å². The van der Waals surface area contributed by atoms with Gasteiger partial charge in [0.15, 0.2) is 0 Å². The smallest absolute Gasteiger partial charge is 0.252 e. The largest absolute Gasteiger partial charge is 0.398 e. The highest BCUT2D eigenvalue weighted by Gasteiger charge is 2.10. The number of carbonyl (C=O) groups excluding carboxylic acids is 1. The molecule has 1 aromatic carbocycles. The van der Waals surface area contributed by atoms with E-state index in [2.05, 4.69) is 26.1 Å². The van der Waals surface area contributed by atoms with E-state index in [1.165, 1.54) is 0 Å². The second kappa shape index (κ2) is 6.61. The fourth-order valence-electron chi connectivity index (χ4n) is 1.42. The molecule has 0 aliphatic carbocycles. The molecule has 0 fully saturated rings. The maximum atomic E-state index is 11.9. The number of nitrogens with zero attached hydrogens (tertiary/aromatic N) is 1. The summed E-state index contributed by atoms with van der Waals surface area (Å²) in [6.07, 6.45) is 0.929. The lowest BCUT2D eigenvalue weighted by atomic mass is 10.2. The number of nitrogen functional groups attached to an aromatic ring is 1. The number of nitrogens with one attached hydrogen (secondary N) is 1. The van der Waals surface area contributed by atoms with Crippen LogP contribution in [0.4, 0.5) is 5.69 Å². The fourth-order valence-corrected chi connectivity index (χ4v) is 1.86. The predicted molar refractivity (Wildman–Crippen MR) is 74.1 cm³/mol. The molecular weight excluding hydrogens is 282 g/mol. The molecular formula is C12H18BrN3O. The zero-order valence-electron chi connectivity index (χ0n) is 10.2. The van der Waals surface area contributed by atoms with Crippen molar-refractivity contribution in [2.45, 2.75) is 6.42 Å². The van der Waals surface area contributed by atoms with Crippen LogP contribution in [-0.2, 0) is 0 Å². The topological polar surface area (TPSA) is 58.4 Å². The lowest BCUT2D eigenvalue weighted by molar-refractivity contribution is 0.0951. The Morgan fingerprint density at radius 3 is 2.82 bits per heavy atom. The van der Waals surface area contributed by atoms with Gasteiger partial charge in [-0.25, -0.2) is 0 Å². The van der Waals surface area contributed by atoms with Gasteiger partial charge in [0.2, 0.25) is 0 Å². The number of carbonyl (C=O) groups is 1. The molecule has 0 aliphatic heterocycles. The molecule has 0 saturated carbocycles. The van der Waals surface area contributed by atoms with Crippen molar-refractivity contribution in [3.63, 3.8) is 0 Å². The predicted octanol–water partition coefficient (Wildman–Crippen LogP) is 1.71. The molecule has 0 heterocycles. The minimum atomic E-state index is -0.0945. The van der Waals surface area contributed by atoms with Crippen molar-refractivity contribution < 1.29 is 4.79 Å². The zero-order valence-corrected chi connectivity index (χ0v) is 11.8. The summed E-state index contributed by atoms with van der Waals surface area (Å²) >= 11 is 3.32. The highest BCUT2D eigenvalue weighted by atomic mass is 79.9. The third-order valence-corrected chi connectivity index (χ3v) is 3.23. The highest BCUT2D eigenvalue weighted by Crippen LogP contribution is 2.23. The summed E-state index contributed by atoms with van der Waals surface area (Å²) < 4.78 is 0.658. The van der Waals surface area contributed by atoms with E-state index in [0.29, 0.717) is 22.3 Å². The Morgan fingerprint density at radius 2 is 2.18 bits per heavy atom.